The summed E-state index contributed by atoms with van der Waals surface area (Å²) in [5, 5.41) is 3.99. The number of sulfonamides is 1. The molecule has 0 unspecified atom stereocenters. The average Bonchev–Trinajstić information content (AvgIpc) is 3.21. The lowest BCUT2D eigenvalue weighted by atomic mass is 10.2. The zero-order valence-electron chi connectivity index (χ0n) is 14.5. The molecule has 1 amide bonds. The van der Waals surface area contributed by atoms with Crippen LogP contribution in [-0.4, -0.2) is 37.4 Å². The predicted molar refractivity (Wildman–Crippen MR) is 97.4 cm³/mol. The molecule has 1 aromatic carbocycles. The Kier molecular flexibility index (Phi) is 5.53. The molecule has 0 atom stereocenters. The molecule has 138 valence electrons. The molecule has 26 heavy (non-hydrogen) atoms. The number of nitrogens with one attached hydrogen (secondary N) is 1. The van der Waals surface area contributed by atoms with Crippen molar-refractivity contribution in [2.24, 2.45) is 5.10 Å². The average molecular weight is 375 g/mol. The summed E-state index contributed by atoms with van der Waals surface area (Å²) in [6.07, 6.45) is 4.28. The lowest BCUT2D eigenvalue weighted by Gasteiger charge is -2.25. The SMILES string of the molecule is C/C(=N/NC(=O)c1cccc(S(=O)(=O)N2CCCCC2)c1)c1ccco1. The number of hydrogen-bond acceptors (Lipinski definition) is 5. The molecule has 1 aliphatic rings. The van der Waals surface area contributed by atoms with Gasteiger partial charge in [-0.25, -0.2) is 13.8 Å². The first kappa shape index (κ1) is 18.3. The normalized spacial score (nSPS) is 16.4. The molecular formula is C18H21N3O4S. The second-order valence-electron chi connectivity index (χ2n) is 6.11. The van der Waals surface area contributed by atoms with Gasteiger partial charge in [0.15, 0.2) is 0 Å². The smallest absolute Gasteiger partial charge is 0.271 e. The quantitative estimate of drug-likeness (QED) is 0.642. The summed E-state index contributed by atoms with van der Waals surface area (Å²) in [6, 6.07) is 9.48. The summed E-state index contributed by atoms with van der Waals surface area (Å²) in [5.41, 5.74) is 3.18. The minimum Gasteiger partial charge on any atom is -0.463 e. The molecule has 1 saturated heterocycles. The third-order valence-electron chi connectivity index (χ3n) is 4.25. The van der Waals surface area contributed by atoms with Crippen molar-refractivity contribution in [3.63, 3.8) is 0 Å². The highest BCUT2D eigenvalue weighted by molar-refractivity contribution is 7.89. The Morgan fingerprint density at radius 1 is 1.15 bits per heavy atom. The topological polar surface area (TPSA) is 92.0 Å². The van der Waals surface area contributed by atoms with E-state index in [0.717, 1.165) is 19.3 Å². The first-order valence-corrected chi connectivity index (χ1v) is 9.91. The van der Waals surface area contributed by atoms with Gasteiger partial charge < -0.3 is 4.42 Å². The molecule has 1 N–H and O–H groups in total. The molecule has 0 spiro atoms. The van der Waals surface area contributed by atoms with Gasteiger partial charge in [-0.1, -0.05) is 12.5 Å². The number of carbonyl (C=O) groups is 1. The second-order valence-corrected chi connectivity index (χ2v) is 8.05. The fourth-order valence-corrected chi connectivity index (χ4v) is 4.35. The number of furan rings is 1. The molecule has 2 heterocycles. The fraction of sp³-hybridized carbons (Fsp3) is 0.333. The summed E-state index contributed by atoms with van der Waals surface area (Å²) in [7, 11) is -3.58. The lowest BCUT2D eigenvalue weighted by Crippen LogP contribution is -2.35. The van der Waals surface area contributed by atoms with Crippen LogP contribution < -0.4 is 5.43 Å². The van der Waals surface area contributed by atoms with Crippen LogP contribution in [0.4, 0.5) is 0 Å². The van der Waals surface area contributed by atoms with E-state index >= 15 is 0 Å². The number of hydrazone groups is 1. The third kappa shape index (κ3) is 4.03. The molecule has 0 aliphatic carbocycles. The zero-order chi connectivity index (χ0) is 18.6. The first-order chi connectivity index (χ1) is 12.5. The molecule has 3 rings (SSSR count). The summed E-state index contributed by atoms with van der Waals surface area (Å²) in [5.74, 6) is 0.0679. The Hall–Kier alpha value is -2.45. The lowest BCUT2D eigenvalue weighted by molar-refractivity contribution is 0.0954. The van der Waals surface area contributed by atoms with E-state index in [9.17, 15) is 13.2 Å². The van der Waals surface area contributed by atoms with Crippen LogP contribution in [0.2, 0.25) is 0 Å². The Bertz CT molecular complexity index is 898. The Labute approximate surface area is 152 Å². The number of amides is 1. The van der Waals surface area contributed by atoms with Gasteiger partial charge in [0, 0.05) is 18.7 Å². The highest BCUT2D eigenvalue weighted by Crippen LogP contribution is 2.21. The molecule has 1 aromatic heterocycles. The molecule has 8 heteroatoms. The van der Waals surface area contributed by atoms with Gasteiger partial charge in [-0.05, 0) is 50.1 Å². The number of benzene rings is 1. The van der Waals surface area contributed by atoms with Gasteiger partial charge in [-0.2, -0.15) is 9.41 Å². The molecule has 7 nitrogen and oxygen atoms in total. The third-order valence-corrected chi connectivity index (χ3v) is 6.15. The maximum absolute atomic E-state index is 12.7. The van der Waals surface area contributed by atoms with Crippen molar-refractivity contribution < 1.29 is 17.6 Å². The van der Waals surface area contributed by atoms with E-state index in [4.69, 9.17) is 4.42 Å². The summed E-state index contributed by atoms with van der Waals surface area (Å²) < 4.78 is 32.2. The van der Waals surface area contributed by atoms with Gasteiger partial charge in [-0.15, -0.1) is 0 Å². The van der Waals surface area contributed by atoms with Crippen LogP contribution in [0.1, 0.15) is 42.3 Å². The largest absolute Gasteiger partial charge is 0.463 e. The molecule has 0 saturated carbocycles. The number of piperidine rings is 1. The second kappa shape index (κ2) is 7.84. The van der Waals surface area contributed by atoms with Gasteiger partial charge in [0.2, 0.25) is 10.0 Å². The van der Waals surface area contributed by atoms with Crippen LogP contribution in [-0.2, 0) is 10.0 Å². The standard InChI is InChI=1S/C18H21N3O4S/c1-14(17-9-6-12-25-17)19-20-18(22)15-7-5-8-16(13-15)26(23,24)21-10-3-2-4-11-21/h5-9,12-13H,2-4,10-11H2,1H3,(H,20,22)/b19-14-. The van der Waals surface area contributed by atoms with E-state index in [1.807, 2.05) is 0 Å². The predicted octanol–water partition coefficient (Wildman–Crippen LogP) is 2.61. The highest BCUT2D eigenvalue weighted by Gasteiger charge is 2.26. The van der Waals surface area contributed by atoms with Crippen molar-refractivity contribution in [2.75, 3.05) is 13.1 Å². The van der Waals surface area contributed by atoms with Gasteiger partial charge in [-0.3, -0.25) is 4.79 Å². The Morgan fingerprint density at radius 3 is 2.62 bits per heavy atom. The Balaban J connectivity index is 1.76. The van der Waals surface area contributed by atoms with Crippen LogP contribution in [0.15, 0.2) is 57.1 Å². The summed E-state index contributed by atoms with van der Waals surface area (Å²) >= 11 is 0. The highest BCUT2D eigenvalue weighted by atomic mass is 32.2. The van der Waals surface area contributed by atoms with E-state index < -0.39 is 15.9 Å². The van der Waals surface area contributed by atoms with Crippen LogP contribution >= 0.6 is 0 Å². The zero-order valence-corrected chi connectivity index (χ0v) is 15.3. The molecule has 1 fully saturated rings. The van der Waals surface area contributed by atoms with E-state index in [1.165, 1.54) is 22.7 Å². The van der Waals surface area contributed by atoms with Gasteiger partial charge in [0.05, 0.1) is 11.2 Å². The van der Waals surface area contributed by atoms with Crippen molar-refractivity contribution in [1.82, 2.24) is 9.73 Å². The maximum atomic E-state index is 12.7. The van der Waals surface area contributed by atoms with Crippen molar-refractivity contribution in [2.45, 2.75) is 31.1 Å². The van der Waals surface area contributed by atoms with Crippen LogP contribution in [0, 0.1) is 0 Å². The van der Waals surface area contributed by atoms with Crippen LogP contribution in [0.3, 0.4) is 0 Å². The maximum Gasteiger partial charge on any atom is 0.271 e. The van der Waals surface area contributed by atoms with Crippen molar-refractivity contribution in [3.8, 4) is 0 Å². The van der Waals surface area contributed by atoms with E-state index in [-0.39, 0.29) is 10.5 Å². The molecule has 0 bridgehead atoms. The minimum atomic E-state index is -3.58. The fourth-order valence-electron chi connectivity index (χ4n) is 2.79. The van der Waals surface area contributed by atoms with Crippen molar-refractivity contribution in [1.29, 1.82) is 0 Å². The van der Waals surface area contributed by atoms with Crippen LogP contribution in [0.5, 0.6) is 0 Å². The van der Waals surface area contributed by atoms with Gasteiger partial charge >= 0.3 is 0 Å². The monoisotopic (exact) mass is 375 g/mol. The van der Waals surface area contributed by atoms with Crippen molar-refractivity contribution >= 4 is 21.6 Å². The molecule has 0 radical (unpaired) electrons. The minimum absolute atomic E-state index is 0.124. The number of hydrogen-bond donors (Lipinski definition) is 1. The van der Waals surface area contributed by atoms with Gasteiger partial charge in [0.1, 0.15) is 11.5 Å². The number of carbonyl (C=O) groups excluding carboxylic acids is 1. The number of nitrogens with zero attached hydrogens (tertiary/aromatic N) is 2. The van der Waals surface area contributed by atoms with Crippen molar-refractivity contribution in [3.05, 3.63) is 54.0 Å². The van der Waals surface area contributed by atoms with Gasteiger partial charge in [0.25, 0.3) is 5.91 Å². The van der Waals surface area contributed by atoms with E-state index in [0.29, 0.717) is 24.6 Å². The number of rotatable bonds is 5. The molecule has 2 aromatic rings. The first-order valence-electron chi connectivity index (χ1n) is 8.47. The molecular weight excluding hydrogens is 354 g/mol. The van der Waals surface area contributed by atoms with Crippen LogP contribution in [0.25, 0.3) is 0 Å². The van der Waals surface area contributed by atoms with E-state index in [1.54, 1.807) is 31.2 Å². The summed E-state index contributed by atoms with van der Waals surface area (Å²) in [4.78, 5) is 12.4. The summed E-state index contributed by atoms with van der Waals surface area (Å²) in [6.45, 7) is 2.74. The molecule has 1 aliphatic heterocycles. The Morgan fingerprint density at radius 2 is 1.92 bits per heavy atom. The van der Waals surface area contributed by atoms with E-state index in [2.05, 4.69) is 10.5 Å².